The average molecular weight is 498 g/mol. The first kappa shape index (κ1) is 25.9. The molecule has 0 heterocycles. The average Bonchev–Trinajstić information content (AvgIpc) is 2.83. The zero-order valence-electron chi connectivity index (χ0n) is 19.5. The number of ether oxygens (including phenoxy) is 2. The van der Waals surface area contributed by atoms with Gasteiger partial charge in [-0.2, -0.15) is 8.42 Å². The second-order valence-electron chi connectivity index (χ2n) is 7.89. The van der Waals surface area contributed by atoms with Crippen LogP contribution in [0.5, 0.6) is 5.75 Å². The number of rotatable bonds is 10. The topological polar surface area (TPSA) is 122 Å². The summed E-state index contributed by atoms with van der Waals surface area (Å²) in [6.07, 6.45) is -0.462. The number of aryl methyl sites for hydroxylation is 1. The number of hydrogen-bond donors (Lipinski definition) is 1. The molecule has 0 saturated carbocycles. The molecule has 3 aromatic carbocycles. The van der Waals surface area contributed by atoms with Crippen molar-refractivity contribution in [1.29, 1.82) is 0 Å². The zero-order valence-corrected chi connectivity index (χ0v) is 20.3. The van der Waals surface area contributed by atoms with E-state index in [4.69, 9.17) is 19.4 Å². The lowest BCUT2D eigenvalue weighted by Gasteiger charge is -2.27. The molecular weight excluding hydrogens is 470 g/mol. The van der Waals surface area contributed by atoms with Crippen molar-refractivity contribution in [2.75, 3.05) is 6.61 Å². The highest BCUT2D eigenvalue weighted by atomic mass is 32.2. The first-order valence-electron chi connectivity index (χ1n) is 10.9. The van der Waals surface area contributed by atoms with Gasteiger partial charge >= 0.3 is 22.1 Å². The van der Waals surface area contributed by atoms with Gasteiger partial charge in [0.2, 0.25) is 0 Å². The maximum absolute atomic E-state index is 13.0. The summed E-state index contributed by atoms with van der Waals surface area (Å²) >= 11 is 0. The van der Waals surface area contributed by atoms with E-state index in [1.807, 2.05) is 13.0 Å². The summed E-state index contributed by atoms with van der Waals surface area (Å²) in [4.78, 5) is 25.3. The van der Waals surface area contributed by atoms with Crippen molar-refractivity contribution >= 4 is 22.1 Å². The number of esters is 2. The van der Waals surface area contributed by atoms with Gasteiger partial charge in [-0.15, -0.1) is 0 Å². The largest absolute Gasteiger partial charge is 0.466 e. The standard InChI is InChI=1S/C26H27NO7S/c1-3-32-24(28)17-26(27,25(29)33-18-20-7-5-4-6-8-20)21-11-13-22(14-12-21)34-35(30,31)23-15-9-19(2)10-16-23/h4-16H,3,17-18,27H2,1-2H3. The summed E-state index contributed by atoms with van der Waals surface area (Å²) in [5.74, 6) is -1.48. The Kier molecular flexibility index (Phi) is 8.26. The molecule has 2 N–H and O–H groups in total. The molecule has 1 atom stereocenters. The van der Waals surface area contributed by atoms with Gasteiger partial charge < -0.3 is 19.4 Å². The lowest BCUT2D eigenvalue weighted by molar-refractivity contribution is -0.158. The van der Waals surface area contributed by atoms with E-state index in [-0.39, 0.29) is 29.4 Å². The van der Waals surface area contributed by atoms with E-state index in [1.54, 1.807) is 43.3 Å². The quantitative estimate of drug-likeness (QED) is 0.333. The Bertz CT molecular complexity index is 1260. The molecule has 0 aliphatic rings. The van der Waals surface area contributed by atoms with E-state index in [0.29, 0.717) is 0 Å². The van der Waals surface area contributed by atoms with Gasteiger partial charge in [-0.25, -0.2) is 4.79 Å². The van der Waals surface area contributed by atoms with Gasteiger partial charge in [0.05, 0.1) is 13.0 Å². The van der Waals surface area contributed by atoms with Crippen LogP contribution in [0, 0.1) is 6.92 Å². The van der Waals surface area contributed by atoms with Crippen LogP contribution < -0.4 is 9.92 Å². The van der Waals surface area contributed by atoms with Crippen LogP contribution >= 0.6 is 0 Å². The molecule has 0 aliphatic carbocycles. The maximum atomic E-state index is 13.0. The van der Waals surface area contributed by atoms with Gasteiger partial charge in [0.15, 0.2) is 5.54 Å². The van der Waals surface area contributed by atoms with Crippen LogP contribution in [0.3, 0.4) is 0 Å². The van der Waals surface area contributed by atoms with Crippen LogP contribution in [0.2, 0.25) is 0 Å². The van der Waals surface area contributed by atoms with Crippen LogP contribution in [-0.4, -0.2) is 27.0 Å². The number of hydrogen-bond acceptors (Lipinski definition) is 8. The maximum Gasteiger partial charge on any atom is 0.339 e. The molecule has 0 spiro atoms. The molecule has 184 valence electrons. The molecule has 3 rings (SSSR count). The first-order chi connectivity index (χ1) is 16.6. The molecule has 0 fully saturated rings. The smallest absolute Gasteiger partial charge is 0.339 e. The van der Waals surface area contributed by atoms with E-state index >= 15 is 0 Å². The highest BCUT2D eigenvalue weighted by Crippen LogP contribution is 2.28. The fourth-order valence-electron chi connectivity index (χ4n) is 3.27. The zero-order chi connectivity index (χ0) is 25.5. The van der Waals surface area contributed by atoms with Crippen LogP contribution in [-0.2, 0) is 41.3 Å². The Morgan fingerprint density at radius 1 is 0.886 bits per heavy atom. The van der Waals surface area contributed by atoms with Gasteiger partial charge in [-0.3, -0.25) is 4.79 Å². The fraction of sp³-hybridized carbons (Fsp3) is 0.231. The molecule has 0 saturated heterocycles. The van der Waals surface area contributed by atoms with Crippen LogP contribution in [0.25, 0.3) is 0 Å². The predicted molar refractivity (Wildman–Crippen MR) is 129 cm³/mol. The molecule has 0 aromatic heterocycles. The molecule has 9 heteroatoms. The second-order valence-corrected chi connectivity index (χ2v) is 9.44. The van der Waals surface area contributed by atoms with Crippen LogP contribution in [0.1, 0.15) is 30.0 Å². The summed E-state index contributed by atoms with van der Waals surface area (Å²) in [6.45, 7) is 3.58. The Morgan fingerprint density at radius 2 is 1.51 bits per heavy atom. The Balaban J connectivity index is 1.82. The summed E-state index contributed by atoms with van der Waals surface area (Å²) in [5, 5.41) is 0. The molecular formula is C26H27NO7S. The molecule has 8 nitrogen and oxygen atoms in total. The van der Waals surface area contributed by atoms with Crippen molar-refractivity contribution in [3.05, 3.63) is 95.6 Å². The Labute approximate surface area is 204 Å². The molecule has 35 heavy (non-hydrogen) atoms. The van der Waals surface area contributed by atoms with Gasteiger partial charge in [0, 0.05) is 0 Å². The number of benzene rings is 3. The number of nitrogens with two attached hydrogens (primary N) is 1. The Hall–Kier alpha value is -3.69. The minimum Gasteiger partial charge on any atom is -0.466 e. The highest BCUT2D eigenvalue weighted by Gasteiger charge is 2.41. The third-order valence-corrected chi connectivity index (χ3v) is 6.45. The number of carbonyl (C=O) groups is 2. The first-order valence-corrected chi connectivity index (χ1v) is 12.3. The normalized spacial score (nSPS) is 12.9. The number of carbonyl (C=O) groups excluding carboxylic acids is 2. The summed E-state index contributed by atoms with van der Waals surface area (Å²) in [5.41, 5.74) is 6.46. The van der Waals surface area contributed by atoms with Crippen molar-refractivity contribution in [1.82, 2.24) is 0 Å². The SMILES string of the molecule is CCOC(=O)CC(N)(C(=O)OCc1ccccc1)c1ccc(OS(=O)(=O)c2ccc(C)cc2)cc1. The van der Waals surface area contributed by atoms with Crippen molar-refractivity contribution in [3.8, 4) is 5.75 Å². The van der Waals surface area contributed by atoms with Crippen molar-refractivity contribution in [2.45, 2.75) is 37.3 Å². The Morgan fingerprint density at radius 3 is 2.11 bits per heavy atom. The third kappa shape index (κ3) is 6.68. The summed E-state index contributed by atoms with van der Waals surface area (Å²) < 4.78 is 40.7. The molecule has 0 aliphatic heterocycles. The van der Waals surface area contributed by atoms with Crippen molar-refractivity contribution < 1.29 is 31.7 Å². The lowest BCUT2D eigenvalue weighted by atomic mass is 9.87. The van der Waals surface area contributed by atoms with E-state index in [1.165, 1.54) is 36.4 Å². The van der Waals surface area contributed by atoms with Crippen LogP contribution in [0.4, 0.5) is 0 Å². The summed E-state index contributed by atoms with van der Waals surface area (Å²) in [6, 6.07) is 20.8. The monoisotopic (exact) mass is 497 g/mol. The minimum atomic E-state index is -4.06. The predicted octanol–water partition coefficient (Wildman–Crippen LogP) is 3.61. The van der Waals surface area contributed by atoms with E-state index in [0.717, 1.165) is 11.1 Å². The van der Waals surface area contributed by atoms with Gasteiger partial charge in [-0.1, -0.05) is 60.2 Å². The van der Waals surface area contributed by atoms with Gasteiger partial charge in [0.1, 0.15) is 17.3 Å². The molecule has 3 aromatic rings. The van der Waals surface area contributed by atoms with Gasteiger partial charge in [-0.05, 0) is 49.2 Å². The summed E-state index contributed by atoms with van der Waals surface area (Å²) in [7, 11) is -4.06. The molecule has 0 bridgehead atoms. The van der Waals surface area contributed by atoms with E-state index in [9.17, 15) is 18.0 Å². The molecule has 1 unspecified atom stereocenters. The fourth-order valence-corrected chi connectivity index (χ4v) is 4.20. The second kappa shape index (κ2) is 11.2. The van der Waals surface area contributed by atoms with Gasteiger partial charge in [0.25, 0.3) is 0 Å². The molecule has 0 amide bonds. The third-order valence-electron chi connectivity index (χ3n) is 5.19. The van der Waals surface area contributed by atoms with Crippen molar-refractivity contribution in [3.63, 3.8) is 0 Å². The van der Waals surface area contributed by atoms with E-state index < -0.39 is 34.0 Å². The highest BCUT2D eigenvalue weighted by molar-refractivity contribution is 7.87. The minimum absolute atomic E-state index is 0.00662. The van der Waals surface area contributed by atoms with E-state index in [2.05, 4.69) is 0 Å². The van der Waals surface area contributed by atoms with Crippen LogP contribution in [0.15, 0.2) is 83.8 Å². The van der Waals surface area contributed by atoms with Crippen molar-refractivity contribution in [2.24, 2.45) is 5.73 Å². The molecule has 0 radical (unpaired) electrons. The lowest BCUT2D eigenvalue weighted by Crippen LogP contribution is -2.48.